The fourth-order valence-corrected chi connectivity index (χ4v) is 2.33. The summed E-state index contributed by atoms with van der Waals surface area (Å²) in [6.07, 6.45) is -4.47. The molecule has 2 amide bonds. The van der Waals surface area contributed by atoms with Crippen molar-refractivity contribution < 1.29 is 18.0 Å². The molecule has 2 aromatic carbocycles. The first kappa shape index (κ1) is 16.4. The van der Waals surface area contributed by atoms with Crippen molar-refractivity contribution in [1.29, 1.82) is 0 Å². The van der Waals surface area contributed by atoms with Gasteiger partial charge in [-0.25, -0.2) is 9.89 Å². The lowest BCUT2D eigenvalue weighted by atomic mass is 10.1. The second-order valence-corrected chi connectivity index (χ2v) is 4.99. The van der Waals surface area contributed by atoms with Crippen molar-refractivity contribution >= 4 is 17.4 Å². The number of H-pyrrole nitrogens is 1. The predicted octanol–water partition coefficient (Wildman–Crippen LogP) is 3.10. The van der Waals surface area contributed by atoms with Gasteiger partial charge in [0.1, 0.15) is 0 Å². The average Bonchev–Trinajstić information content (AvgIpc) is 3.09. The molecule has 1 aromatic heterocycles. The predicted molar refractivity (Wildman–Crippen MR) is 82.8 cm³/mol. The van der Waals surface area contributed by atoms with Gasteiger partial charge in [0.25, 0.3) is 0 Å². The van der Waals surface area contributed by atoms with Crippen molar-refractivity contribution in [3.05, 3.63) is 54.1 Å². The SMILES string of the molecule is NC(=O)N(c1ccc(C(F)(F)F)cc1)c1ccccc1-c1nnn[nH]1. The highest BCUT2D eigenvalue weighted by Gasteiger charge is 2.30. The molecule has 3 rings (SSSR count). The third-order valence-corrected chi connectivity index (χ3v) is 3.42. The highest BCUT2D eigenvalue weighted by Crippen LogP contribution is 2.35. The number of primary amides is 1. The zero-order chi connectivity index (χ0) is 18.0. The molecule has 0 radical (unpaired) electrons. The number of carbonyl (C=O) groups excluding carboxylic acids is 1. The molecule has 0 bridgehead atoms. The van der Waals surface area contributed by atoms with E-state index in [0.717, 1.165) is 17.0 Å². The Bertz CT molecular complexity index is 877. The number of para-hydroxylation sites is 1. The van der Waals surface area contributed by atoms with Crippen molar-refractivity contribution in [2.75, 3.05) is 4.90 Å². The fourth-order valence-electron chi connectivity index (χ4n) is 2.33. The maximum absolute atomic E-state index is 12.7. The summed E-state index contributed by atoms with van der Waals surface area (Å²) < 4.78 is 38.2. The van der Waals surface area contributed by atoms with Gasteiger partial charge in [0, 0.05) is 5.56 Å². The van der Waals surface area contributed by atoms with Crippen LogP contribution in [0, 0.1) is 0 Å². The van der Waals surface area contributed by atoms with Gasteiger partial charge in [0.15, 0.2) is 5.82 Å². The van der Waals surface area contributed by atoms with Crippen LogP contribution in [-0.4, -0.2) is 26.7 Å². The quantitative estimate of drug-likeness (QED) is 0.759. The van der Waals surface area contributed by atoms with E-state index >= 15 is 0 Å². The number of urea groups is 1. The summed E-state index contributed by atoms with van der Waals surface area (Å²) in [7, 11) is 0. The lowest BCUT2D eigenvalue weighted by molar-refractivity contribution is -0.137. The second kappa shape index (κ2) is 6.23. The maximum atomic E-state index is 12.7. The number of hydrogen-bond donors (Lipinski definition) is 2. The number of alkyl halides is 3. The molecule has 0 aliphatic heterocycles. The molecule has 0 atom stereocenters. The van der Waals surface area contributed by atoms with Crippen LogP contribution in [0.5, 0.6) is 0 Å². The Balaban J connectivity index is 2.08. The lowest BCUT2D eigenvalue weighted by Crippen LogP contribution is -2.31. The number of amides is 2. The zero-order valence-corrected chi connectivity index (χ0v) is 12.5. The number of halogens is 3. The van der Waals surface area contributed by atoms with Crippen molar-refractivity contribution in [3.8, 4) is 11.4 Å². The molecule has 10 heteroatoms. The van der Waals surface area contributed by atoms with Crippen molar-refractivity contribution in [2.45, 2.75) is 6.18 Å². The van der Waals surface area contributed by atoms with Crippen molar-refractivity contribution in [2.24, 2.45) is 5.73 Å². The highest BCUT2D eigenvalue weighted by molar-refractivity contribution is 6.01. The van der Waals surface area contributed by atoms with Crippen LogP contribution in [0.15, 0.2) is 48.5 Å². The molecule has 1 heterocycles. The molecule has 0 saturated heterocycles. The number of nitrogens with zero attached hydrogens (tertiary/aromatic N) is 4. The van der Waals surface area contributed by atoms with Crippen LogP contribution < -0.4 is 10.6 Å². The maximum Gasteiger partial charge on any atom is 0.416 e. The molecule has 7 nitrogen and oxygen atoms in total. The van der Waals surface area contributed by atoms with Crippen LogP contribution in [0.25, 0.3) is 11.4 Å². The van der Waals surface area contributed by atoms with Crippen LogP contribution in [0.1, 0.15) is 5.56 Å². The van der Waals surface area contributed by atoms with Crippen molar-refractivity contribution in [1.82, 2.24) is 20.6 Å². The highest BCUT2D eigenvalue weighted by atomic mass is 19.4. The Morgan fingerprint density at radius 1 is 1.08 bits per heavy atom. The number of aromatic amines is 1. The van der Waals surface area contributed by atoms with Gasteiger partial charge in [-0.3, -0.25) is 4.90 Å². The van der Waals surface area contributed by atoms with E-state index in [-0.39, 0.29) is 11.5 Å². The minimum absolute atomic E-state index is 0.181. The summed E-state index contributed by atoms with van der Waals surface area (Å²) in [5.41, 5.74) is 5.60. The number of nitrogens with two attached hydrogens (primary N) is 1. The van der Waals surface area contributed by atoms with E-state index in [1.807, 2.05) is 0 Å². The molecule has 25 heavy (non-hydrogen) atoms. The first-order valence-corrected chi connectivity index (χ1v) is 6.98. The minimum atomic E-state index is -4.47. The van der Waals surface area contributed by atoms with E-state index in [2.05, 4.69) is 20.6 Å². The molecule has 0 spiro atoms. The summed E-state index contributed by atoms with van der Waals surface area (Å²) in [6, 6.07) is 9.83. The first-order chi connectivity index (χ1) is 11.9. The Labute approximate surface area is 139 Å². The molecular formula is C15H11F3N6O. The molecule has 3 aromatic rings. The number of anilines is 2. The van der Waals surface area contributed by atoms with Gasteiger partial charge in [-0.05, 0) is 46.8 Å². The van der Waals surface area contributed by atoms with E-state index in [4.69, 9.17) is 5.73 Å². The van der Waals surface area contributed by atoms with Gasteiger partial charge in [-0.15, -0.1) is 5.10 Å². The van der Waals surface area contributed by atoms with Crippen molar-refractivity contribution in [3.63, 3.8) is 0 Å². The number of aromatic nitrogens is 4. The monoisotopic (exact) mass is 348 g/mol. The molecule has 0 unspecified atom stereocenters. The molecular weight excluding hydrogens is 337 g/mol. The van der Waals surface area contributed by atoms with Gasteiger partial charge in [0.2, 0.25) is 0 Å². The Hall–Kier alpha value is -3.43. The summed E-state index contributed by atoms with van der Waals surface area (Å²) in [4.78, 5) is 13.0. The number of hydrogen-bond acceptors (Lipinski definition) is 4. The van der Waals surface area contributed by atoms with Crippen LogP contribution in [0.3, 0.4) is 0 Å². The standard InChI is InChI=1S/C15H11F3N6O/c16-15(17,18)9-5-7-10(8-6-9)24(14(19)25)12-4-2-1-3-11(12)13-20-22-23-21-13/h1-8H,(H2,19,25)(H,20,21,22,23). The van der Waals surface area contributed by atoms with Crippen LogP contribution in [-0.2, 0) is 6.18 Å². The van der Waals surface area contributed by atoms with Gasteiger partial charge >= 0.3 is 12.2 Å². The molecule has 3 N–H and O–H groups in total. The summed E-state index contributed by atoms with van der Waals surface area (Å²) in [5.74, 6) is 0.286. The Morgan fingerprint density at radius 3 is 2.32 bits per heavy atom. The number of benzene rings is 2. The molecule has 0 aliphatic rings. The third kappa shape index (κ3) is 3.27. The normalized spacial score (nSPS) is 11.3. The number of rotatable bonds is 3. The van der Waals surface area contributed by atoms with Crippen LogP contribution in [0.4, 0.5) is 29.3 Å². The minimum Gasteiger partial charge on any atom is -0.351 e. The Morgan fingerprint density at radius 2 is 1.76 bits per heavy atom. The van der Waals surface area contributed by atoms with E-state index in [0.29, 0.717) is 11.3 Å². The summed E-state index contributed by atoms with van der Waals surface area (Å²) in [6.45, 7) is 0. The van der Waals surface area contributed by atoms with Crippen LogP contribution in [0.2, 0.25) is 0 Å². The van der Waals surface area contributed by atoms with E-state index in [1.54, 1.807) is 24.3 Å². The van der Waals surface area contributed by atoms with Crippen LogP contribution >= 0.6 is 0 Å². The largest absolute Gasteiger partial charge is 0.416 e. The van der Waals surface area contributed by atoms with Gasteiger partial charge in [0.05, 0.1) is 16.9 Å². The fraction of sp³-hybridized carbons (Fsp3) is 0.0667. The molecule has 0 aliphatic carbocycles. The van der Waals surface area contributed by atoms with E-state index < -0.39 is 17.8 Å². The summed E-state index contributed by atoms with van der Waals surface area (Å²) >= 11 is 0. The van der Waals surface area contributed by atoms with Gasteiger partial charge < -0.3 is 5.73 Å². The summed E-state index contributed by atoms with van der Waals surface area (Å²) in [5, 5.41) is 13.3. The molecule has 128 valence electrons. The molecule has 0 saturated carbocycles. The lowest BCUT2D eigenvalue weighted by Gasteiger charge is -2.23. The smallest absolute Gasteiger partial charge is 0.351 e. The zero-order valence-electron chi connectivity index (χ0n) is 12.5. The van der Waals surface area contributed by atoms with E-state index in [1.165, 1.54) is 12.1 Å². The average molecular weight is 348 g/mol. The second-order valence-electron chi connectivity index (χ2n) is 4.99. The third-order valence-electron chi connectivity index (χ3n) is 3.42. The molecule has 0 fully saturated rings. The van der Waals surface area contributed by atoms with Gasteiger partial charge in [-0.1, -0.05) is 12.1 Å². The topological polar surface area (TPSA) is 101 Å². The Kier molecular flexibility index (Phi) is 4.09. The van der Waals surface area contributed by atoms with E-state index in [9.17, 15) is 18.0 Å². The first-order valence-electron chi connectivity index (χ1n) is 6.98. The number of tetrazole rings is 1. The number of nitrogens with one attached hydrogen (secondary N) is 1. The number of carbonyl (C=O) groups is 1. The van der Waals surface area contributed by atoms with Gasteiger partial charge in [-0.2, -0.15) is 13.2 Å².